The fourth-order valence-electron chi connectivity index (χ4n) is 3.68. The number of hydrogen-bond donors (Lipinski definition) is 3. The van der Waals surface area contributed by atoms with Gasteiger partial charge in [-0.05, 0) is 55.2 Å². The van der Waals surface area contributed by atoms with Crippen molar-refractivity contribution < 1.29 is 33.4 Å². The summed E-state index contributed by atoms with van der Waals surface area (Å²) < 4.78 is 19.7. The quantitative estimate of drug-likeness (QED) is 0.283. The Kier molecular flexibility index (Phi) is 9.81. The van der Waals surface area contributed by atoms with Gasteiger partial charge in [-0.25, -0.2) is 0 Å². The standard InChI is InChI=1S/C26H29N5O7S/c1-4-37-17-11-9-15(10-12-17)22(25(34)29-14-19(32)38-5-2)31(16-7-6-8-18(13-16)36-3)26(35)23-20(27)21(24(28)33)30-39-23/h6-13,22H,4-5,14,27H2,1-3H3,(H2,28,33)(H,29,34). The number of amides is 3. The Hall–Kier alpha value is -4.65. The van der Waals surface area contributed by atoms with Gasteiger partial charge in [0, 0.05) is 11.8 Å². The minimum atomic E-state index is -1.30. The van der Waals surface area contributed by atoms with Crippen LogP contribution in [-0.2, 0) is 14.3 Å². The van der Waals surface area contributed by atoms with Crippen LogP contribution in [0.2, 0.25) is 0 Å². The molecular weight excluding hydrogens is 526 g/mol. The Morgan fingerprint density at radius 1 is 1.05 bits per heavy atom. The normalized spacial score (nSPS) is 11.3. The molecule has 0 spiro atoms. The number of rotatable bonds is 12. The van der Waals surface area contributed by atoms with Gasteiger partial charge in [-0.2, -0.15) is 4.37 Å². The number of aromatic nitrogens is 1. The molecule has 1 unspecified atom stereocenters. The molecule has 206 valence electrons. The molecular formula is C26H29N5O7S. The Labute approximate surface area is 229 Å². The van der Waals surface area contributed by atoms with Crippen LogP contribution in [0, 0.1) is 0 Å². The van der Waals surface area contributed by atoms with E-state index in [1.165, 1.54) is 12.0 Å². The molecule has 13 heteroatoms. The van der Waals surface area contributed by atoms with Gasteiger partial charge in [-0.1, -0.05) is 18.2 Å². The van der Waals surface area contributed by atoms with E-state index in [2.05, 4.69) is 9.69 Å². The fraction of sp³-hybridized carbons (Fsp3) is 0.269. The maximum Gasteiger partial charge on any atom is 0.325 e. The van der Waals surface area contributed by atoms with E-state index < -0.39 is 36.3 Å². The van der Waals surface area contributed by atoms with Gasteiger partial charge in [-0.15, -0.1) is 0 Å². The molecule has 1 aromatic heterocycles. The number of benzene rings is 2. The molecule has 0 bridgehead atoms. The van der Waals surface area contributed by atoms with Crippen LogP contribution in [-0.4, -0.2) is 54.9 Å². The molecule has 3 rings (SSSR count). The van der Waals surface area contributed by atoms with Gasteiger partial charge in [0.15, 0.2) is 5.69 Å². The Morgan fingerprint density at radius 3 is 2.36 bits per heavy atom. The van der Waals surface area contributed by atoms with Crippen molar-refractivity contribution in [3.63, 3.8) is 0 Å². The minimum absolute atomic E-state index is 0.0965. The summed E-state index contributed by atoms with van der Waals surface area (Å²) in [5.41, 5.74) is 11.6. The molecule has 0 radical (unpaired) electrons. The predicted molar refractivity (Wildman–Crippen MR) is 145 cm³/mol. The highest BCUT2D eigenvalue weighted by molar-refractivity contribution is 7.09. The van der Waals surface area contributed by atoms with Crippen LogP contribution in [0.3, 0.4) is 0 Å². The number of ether oxygens (including phenoxy) is 3. The molecule has 3 amide bonds. The van der Waals surface area contributed by atoms with Gasteiger partial charge in [0.1, 0.15) is 29.0 Å². The number of nitrogens with zero attached hydrogens (tertiary/aromatic N) is 2. The first-order chi connectivity index (χ1) is 18.7. The number of esters is 1. The van der Waals surface area contributed by atoms with E-state index in [0.717, 1.165) is 0 Å². The molecule has 2 aromatic carbocycles. The van der Waals surface area contributed by atoms with E-state index in [1.54, 1.807) is 55.5 Å². The van der Waals surface area contributed by atoms with E-state index in [-0.39, 0.29) is 28.6 Å². The van der Waals surface area contributed by atoms with E-state index in [1.807, 2.05) is 6.92 Å². The second kappa shape index (κ2) is 13.2. The number of nitrogens with one attached hydrogen (secondary N) is 1. The van der Waals surface area contributed by atoms with Crippen molar-refractivity contribution in [1.82, 2.24) is 9.69 Å². The number of nitrogens with two attached hydrogens (primary N) is 2. The summed E-state index contributed by atoms with van der Waals surface area (Å²) in [6.07, 6.45) is 0. The lowest BCUT2D eigenvalue weighted by Crippen LogP contribution is -2.45. The fourth-order valence-corrected chi connectivity index (χ4v) is 4.42. The smallest absolute Gasteiger partial charge is 0.325 e. The van der Waals surface area contributed by atoms with Gasteiger partial charge in [0.05, 0.1) is 26.0 Å². The number of primary amides is 1. The van der Waals surface area contributed by atoms with Crippen LogP contribution in [0.1, 0.15) is 45.6 Å². The highest BCUT2D eigenvalue weighted by atomic mass is 32.1. The van der Waals surface area contributed by atoms with Crippen molar-refractivity contribution in [3.05, 3.63) is 64.7 Å². The SMILES string of the molecule is CCOC(=O)CNC(=O)C(c1ccc(OCC)cc1)N(C(=O)c1snc(C(N)=O)c1N)c1cccc(OC)c1. The summed E-state index contributed by atoms with van der Waals surface area (Å²) in [6.45, 7) is 3.63. The highest BCUT2D eigenvalue weighted by Crippen LogP contribution is 2.35. The molecule has 0 fully saturated rings. The van der Waals surface area contributed by atoms with Crippen LogP contribution in [0.5, 0.6) is 11.5 Å². The summed E-state index contributed by atoms with van der Waals surface area (Å²) in [4.78, 5) is 52.6. The Bertz CT molecular complexity index is 1340. The van der Waals surface area contributed by atoms with E-state index in [4.69, 9.17) is 25.7 Å². The zero-order valence-electron chi connectivity index (χ0n) is 21.6. The number of nitrogen functional groups attached to an aromatic ring is 1. The summed E-state index contributed by atoms with van der Waals surface area (Å²) in [7, 11) is 1.46. The molecule has 12 nitrogen and oxygen atoms in total. The molecule has 0 saturated heterocycles. The average molecular weight is 556 g/mol. The molecule has 5 N–H and O–H groups in total. The Morgan fingerprint density at radius 2 is 1.77 bits per heavy atom. The van der Waals surface area contributed by atoms with Crippen molar-refractivity contribution in [2.45, 2.75) is 19.9 Å². The molecule has 39 heavy (non-hydrogen) atoms. The van der Waals surface area contributed by atoms with Crippen LogP contribution >= 0.6 is 11.5 Å². The molecule has 1 heterocycles. The van der Waals surface area contributed by atoms with Gasteiger partial charge < -0.3 is 31.0 Å². The second-order valence-corrected chi connectivity index (χ2v) is 8.72. The molecule has 0 aliphatic heterocycles. The van der Waals surface area contributed by atoms with Crippen LogP contribution in [0.25, 0.3) is 0 Å². The average Bonchev–Trinajstić information content (AvgIpc) is 3.32. The van der Waals surface area contributed by atoms with Crippen LogP contribution in [0.4, 0.5) is 11.4 Å². The third-order valence-corrected chi connectivity index (χ3v) is 6.28. The van der Waals surface area contributed by atoms with Gasteiger partial charge in [0.2, 0.25) is 5.91 Å². The number of anilines is 2. The lowest BCUT2D eigenvalue weighted by Gasteiger charge is -2.31. The highest BCUT2D eigenvalue weighted by Gasteiger charge is 2.36. The molecule has 1 atom stereocenters. The van der Waals surface area contributed by atoms with Crippen molar-refractivity contribution in [1.29, 1.82) is 0 Å². The van der Waals surface area contributed by atoms with Crippen molar-refractivity contribution in [2.24, 2.45) is 5.73 Å². The molecule has 0 aliphatic rings. The lowest BCUT2D eigenvalue weighted by atomic mass is 10.0. The molecule has 0 saturated carbocycles. The van der Waals surface area contributed by atoms with Crippen molar-refractivity contribution in [2.75, 3.05) is 37.5 Å². The summed E-state index contributed by atoms with van der Waals surface area (Å²) in [6, 6.07) is 11.8. The first kappa shape index (κ1) is 28.9. The predicted octanol–water partition coefficient (Wildman–Crippen LogP) is 2.30. The first-order valence-electron chi connectivity index (χ1n) is 11.9. The lowest BCUT2D eigenvalue weighted by molar-refractivity contribution is -0.143. The maximum atomic E-state index is 14.1. The van der Waals surface area contributed by atoms with Gasteiger partial charge >= 0.3 is 5.97 Å². The van der Waals surface area contributed by atoms with Crippen LogP contribution < -0.4 is 31.2 Å². The van der Waals surface area contributed by atoms with E-state index in [9.17, 15) is 19.2 Å². The van der Waals surface area contributed by atoms with Crippen molar-refractivity contribution in [3.8, 4) is 11.5 Å². The van der Waals surface area contributed by atoms with E-state index >= 15 is 0 Å². The van der Waals surface area contributed by atoms with Gasteiger partial charge in [-0.3, -0.25) is 24.1 Å². The summed E-state index contributed by atoms with van der Waals surface area (Å²) in [5.74, 6) is -1.97. The first-order valence-corrected chi connectivity index (χ1v) is 12.7. The Balaban J connectivity index is 2.18. The third-order valence-electron chi connectivity index (χ3n) is 5.43. The van der Waals surface area contributed by atoms with Crippen molar-refractivity contribution >= 4 is 46.6 Å². The van der Waals surface area contributed by atoms with Gasteiger partial charge in [0.25, 0.3) is 11.8 Å². The topological polar surface area (TPSA) is 176 Å². The largest absolute Gasteiger partial charge is 0.497 e. The summed E-state index contributed by atoms with van der Waals surface area (Å²) >= 11 is 0.680. The van der Waals surface area contributed by atoms with Crippen LogP contribution in [0.15, 0.2) is 48.5 Å². The number of carbonyl (C=O) groups is 4. The zero-order chi connectivity index (χ0) is 28.5. The second-order valence-electron chi connectivity index (χ2n) is 7.94. The number of carbonyl (C=O) groups excluding carboxylic acids is 4. The molecule has 0 aliphatic carbocycles. The zero-order valence-corrected chi connectivity index (χ0v) is 22.4. The number of methoxy groups -OCH3 is 1. The summed E-state index contributed by atoms with van der Waals surface area (Å²) in [5, 5.41) is 2.54. The number of hydrogen-bond acceptors (Lipinski definition) is 10. The third kappa shape index (κ3) is 6.82. The monoisotopic (exact) mass is 555 g/mol. The minimum Gasteiger partial charge on any atom is -0.497 e. The van der Waals surface area contributed by atoms with E-state index in [0.29, 0.717) is 35.2 Å². The maximum absolute atomic E-state index is 14.1. The molecule has 3 aromatic rings.